The van der Waals surface area contributed by atoms with Crippen molar-refractivity contribution < 1.29 is 27.9 Å². The van der Waals surface area contributed by atoms with Crippen LogP contribution in [0.2, 0.25) is 0 Å². The molecule has 2 bridgehead atoms. The number of amides is 2. The van der Waals surface area contributed by atoms with Crippen LogP contribution >= 0.6 is 0 Å². The van der Waals surface area contributed by atoms with Crippen LogP contribution in [0.25, 0.3) is 0 Å². The van der Waals surface area contributed by atoms with Gasteiger partial charge >= 0.3 is 0 Å². The number of hydrogen-bond donors (Lipinski definition) is 2. The van der Waals surface area contributed by atoms with Crippen molar-refractivity contribution in [3.8, 4) is 5.75 Å². The molecule has 1 aromatic carbocycles. The van der Waals surface area contributed by atoms with Gasteiger partial charge in [-0.15, -0.1) is 0 Å². The van der Waals surface area contributed by atoms with Crippen LogP contribution in [0.5, 0.6) is 5.75 Å². The molecular formula is C22H22F3N3O4. The topological polar surface area (TPSA) is 91.6 Å². The summed E-state index contributed by atoms with van der Waals surface area (Å²) in [5.74, 6) is -5.73. The van der Waals surface area contributed by atoms with Gasteiger partial charge in [0.05, 0.1) is 5.54 Å². The SMILES string of the molecule is CC[C@]12CCCCN(C1)C(=O)c1c(O)c(=O)c(C(=O)NCc3c(F)cc(F)cc3F)cn12. The molecule has 7 nitrogen and oxygen atoms in total. The minimum atomic E-state index is -1.18. The van der Waals surface area contributed by atoms with Gasteiger partial charge in [0, 0.05) is 43.5 Å². The Morgan fingerprint density at radius 1 is 1.19 bits per heavy atom. The number of pyridine rings is 1. The maximum Gasteiger partial charge on any atom is 0.274 e. The number of fused-ring (bicyclic) bond motifs is 4. The minimum Gasteiger partial charge on any atom is -0.503 e. The molecule has 0 saturated carbocycles. The van der Waals surface area contributed by atoms with Crippen LogP contribution in [-0.2, 0) is 12.1 Å². The van der Waals surface area contributed by atoms with Gasteiger partial charge in [0.2, 0.25) is 5.43 Å². The van der Waals surface area contributed by atoms with Crippen LogP contribution in [0.3, 0.4) is 0 Å². The van der Waals surface area contributed by atoms with E-state index >= 15 is 0 Å². The Morgan fingerprint density at radius 2 is 1.88 bits per heavy atom. The average molecular weight is 449 g/mol. The second-order valence-corrected chi connectivity index (χ2v) is 8.23. The van der Waals surface area contributed by atoms with E-state index in [1.807, 2.05) is 6.92 Å². The molecule has 1 atom stereocenters. The second-order valence-electron chi connectivity index (χ2n) is 8.23. The predicted molar refractivity (Wildman–Crippen MR) is 108 cm³/mol. The third-order valence-electron chi connectivity index (χ3n) is 6.42. The first-order valence-corrected chi connectivity index (χ1v) is 10.4. The number of carbonyl (C=O) groups excluding carboxylic acids is 2. The molecule has 32 heavy (non-hydrogen) atoms. The lowest BCUT2D eigenvalue weighted by Crippen LogP contribution is -2.53. The highest BCUT2D eigenvalue weighted by Crippen LogP contribution is 2.38. The van der Waals surface area contributed by atoms with E-state index in [9.17, 15) is 32.7 Å². The van der Waals surface area contributed by atoms with Gasteiger partial charge in [0.1, 0.15) is 23.0 Å². The van der Waals surface area contributed by atoms with E-state index in [0.29, 0.717) is 38.1 Å². The molecule has 2 N–H and O–H groups in total. The summed E-state index contributed by atoms with van der Waals surface area (Å²) >= 11 is 0. The van der Waals surface area contributed by atoms with E-state index in [1.165, 1.54) is 10.8 Å². The Bertz CT molecular complexity index is 1160. The lowest BCUT2D eigenvalue weighted by atomic mass is 9.87. The van der Waals surface area contributed by atoms with Gasteiger partial charge in [0.25, 0.3) is 11.8 Å². The minimum absolute atomic E-state index is 0.155. The number of nitrogens with zero attached hydrogens (tertiary/aromatic N) is 2. The number of benzene rings is 1. The van der Waals surface area contributed by atoms with Gasteiger partial charge in [0.15, 0.2) is 11.4 Å². The Balaban J connectivity index is 1.73. The maximum atomic E-state index is 13.9. The molecule has 0 radical (unpaired) electrons. The molecule has 1 fully saturated rings. The first-order chi connectivity index (χ1) is 15.2. The molecule has 4 rings (SSSR count). The fraction of sp³-hybridized carbons (Fsp3) is 0.409. The summed E-state index contributed by atoms with van der Waals surface area (Å²) in [5, 5.41) is 12.8. The molecule has 3 heterocycles. The number of aromatic hydroxyl groups is 1. The molecule has 2 aliphatic rings. The summed E-state index contributed by atoms with van der Waals surface area (Å²) in [6, 6.07) is 0.969. The number of aromatic nitrogens is 1. The largest absolute Gasteiger partial charge is 0.503 e. The fourth-order valence-corrected chi connectivity index (χ4v) is 4.60. The zero-order valence-corrected chi connectivity index (χ0v) is 17.4. The summed E-state index contributed by atoms with van der Waals surface area (Å²) in [7, 11) is 0. The van der Waals surface area contributed by atoms with Crippen molar-refractivity contribution in [2.45, 2.75) is 44.7 Å². The molecule has 1 aromatic heterocycles. The molecule has 1 saturated heterocycles. The number of carbonyl (C=O) groups is 2. The van der Waals surface area contributed by atoms with E-state index in [0.717, 1.165) is 12.8 Å². The molecule has 0 unspecified atom stereocenters. The van der Waals surface area contributed by atoms with E-state index in [2.05, 4.69) is 5.32 Å². The standard InChI is InChI=1S/C22H22F3N3O4/c1-2-22-5-3-4-6-27(11-22)21(32)17-19(30)18(29)14(10-28(17)22)20(31)26-9-13-15(24)7-12(23)8-16(13)25/h7-8,10,30H,2-6,9,11H2,1H3,(H,26,31)/t22-/m0/s1. The maximum absolute atomic E-state index is 13.9. The van der Waals surface area contributed by atoms with E-state index in [4.69, 9.17) is 0 Å². The van der Waals surface area contributed by atoms with Gasteiger partial charge in [-0.3, -0.25) is 14.4 Å². The van der Waals surface area contributed by atoms with Crippen molar-refractivity contribution in [3.05, 3.63) is 62.8 Å². The molecule has 2 aromatic rings. The average Bonchev–Trinajstić information content (AvgIpc) is 2.94. The van der Waals surface area contributed by atoms with Crippen molar-refractivity contribution in [1.82, 2.24) is 14.8 Å². The molecule has 0 aliphatic carbocycles. The zero-order valence-electron chi connectivity index (χ0n) is 17.4. The Hall–Kier alpha value is -3.30. The second kappa shape index (κ2) is 7.99. The quantitative estimate of drug-likeness (QED) is 0.751. The van der Waals surface area contributed by atoms with Crippen LogP contribution in [0.1, 0.15) is 59.0 Å². The summed E-state index contributed by atoms with van der Waals surface area (Å²) < 4.78 is 42.4. The number of halogens is 3. The molecule has 10 heteroatoms. The molecule has 2 aliphatic heterocycles. The van der Waals surface area contributed by atoms with Crippen LogP contribution in [0.4, 0.5) is 13.2 Å². The first kappa shape index (κ1) is 21.9. The summed E-state index contributed by atoms with van der Waals surface area (Å²) in [6.45, 7) is 2.21. The molecular weight excluding hydrogens is 427 g/mol. The van der Waals surface area contributed by atoms with Crippen LogP contribution in [0, 0.1) is 17.5 Å². The highest BCUT2D eigenvalue weighted by atomic mass is 19.1. The Morgan fingerprint density at radius 3 is 2.53 bits per heavy atom. The van der Waals surface area contributed by atoms with Crippen molar-refractivity contribution in [2.24, 2.45) is 0 Å². The van der Waals surface area contributed by atoms with Crippen molar-refractivity contribution in [1.29, 1.82) is 0 Å². The lowest BCUT2D eigenvalue weighted by Gasteiger charge is -2.44. The highest BCUT2D eigenvalue weighted by Gasteiger charge is 2.44. The van der Waals surface area contributed by atoms with Gasteiger partial charge in [-0.25, -0.2) is 13.2 Å². The normalized spacial score (nSPS) is 20.0. The van der Waals surface area contributed by atoms with Crippen molar-refractivity contribution in [3.63, 3.8) is 0 Å². The highest BCUT2D eigenvalue weighted by molar-refractivity contribution is 5.99. The van der Waals surface area contributed by atoms with Gasteiger partial charge in [-0.1, -0.05) is 6.92 Å². The predicted octanol–water partition coefficient (Wildman–Crippen LogP) is 2.65. The van der Waals surface area contributed by atoms with Gasteiger partial charge < -0.3 is 19.9 Å². The molecule has 0 spiro atoms. The summed E-state index contributed by atoms with van der Waals surface area (Å²) in [6.07, 6.45) is 4.15. The third kappa shape index (κ3) is 3.43. The monoisotopic (exact) mass is 449 g/mol. The Labute approximate surface area is 181 Å². The first-order valence-electron chi connectivity index (χ1n) is 10.4. The lowest BCUT2D eigenvalue weighted by molar-refractivity contribution is 0.0559. The number of hydrogen-bond acceptors (Lipinski definition) is 4. The molecule has 170 valence electrons. The van der Waals surface area contributed by atoms with Crippen LogP contribution in [0.15, 0.2) is 23.1 Å². The summed E-state index contributed by atoms with van der Waals surface area (Å²) in [5.41, 5.74) is -2.81. The number of nitrogens with one attached hydrogen (secondary N) is 1. The van der Waals surface area contributed by atoms with Crippen LogP contribution in [-0.4, -0.2) is 39.5 Å². The van der Waals surface area contributed by atoms with Crippen molar-refractivity contribution >= 4 is 11.8 Å². The fourth-order valence-electron chi connectivity index (χ4n) is 4.60. The summed E-state index contributed by atoms with van der Waals surface area (Å²) in [4.78, 5) is 40.0. The number of rotatable bonds is 4. The smallest absolute Gasteiger partial charge is 0.274 e. The molecule has 2 amide bonds. The zero-order chi connectivity index (χ0) is 23.2. The Kier molecular flexibility index (Phi) is 5.47. The van der Waals surface area contributed by atoms with E-state index < -0.39 is 63.7 Å². The third-order valence-corrected chi connectivity index (χ3v) is 6.42. The van der Waals surface area contributed by atoms with Gasteiger partial charge in [-0.2, -0.15) is 0 Å². The van der Waals surface area contributed by atoms with Gasteiger partial charge in [-0.05, 0) is 25.7 Å². The van der Waals surface area contributed by atoms with E-state index in [-0.39, 0.29) is 5.69 Å². The van der Waals surface area contributed by atoms with Crippen molar-refractivity contribution in [2.75, 3.05) is 13.1 Å². The van der Waals surface area contributed by atoms with Crippen LogP contribution < -0.4 is 10.7 Å². The van der Waals surface area contributed by atoms with E-state index in [1.54, 1.807) is 4.90 Å².